The molecule has 0 saturated carbocycles. The van der Waals surface area contributed by atoms with Crippen molar-refractivity contribution in [1.82, 2.24) is 14.4 Å². The van der Waals surface area contributed by atoms with Gasteiger partial charge in [-0.3, -0.25) is 9.38 Å². The first-order valence-corrected chi connectivity index (χ1v) is 9.06. The number of aromatic nitrogens is 3. The molecule has 6 heteroatoms. The Morgan fingerprint density at radius 3 is 1.86 bits per heavy atom. The van der Waals surface area contributed by atoms with E-state index in [1.54, 1.807) is 10.6 Å². The van der Waals surface area contributed by atoms with Crippen molar-refractivity contribution in [2.75, 3.05) is 38.0 Å². The SMILES string of the molecule is CN(C)c1ccc(-c2cn3c(O)c(-c4ccc(N(C)C)cc4)nc3cn2)cc1. The van der Waals surface area contributed by atoms with Crippen molar-refractivity contribution in [3.05, 3.63) is 60.9 Å². The zero-order valence-corrected chi connectivity index (χ0v) is 16.5. The molecule has 0 spiro atoms. The van der Waals surface area contributed by atoms with Gasteiger partial charge in [-0.15, -0.1) is 0 Å². The average Bonchev–Trinajstić information content (AvgIpc) is 3.04. The Hall–Kier alpha value is -3.54. The minimum atomic E-state index is 0.112. The van der Waals surface area contributed by atoms with E-state index in [-0.39, 0.29) is 5.88 Å². The predicted octanol–water partition coefficient (Wildman–Crippen LogP) is 3.90. The first kappa shape index (κ1) is 17.9. The zero-order chi connectivity index (χ0) is 19.8. The Labute approximate surface area is 164 Å². The molecule has 0 bridgehead atoms. The van der Waals surface area contributed by atoms with E-state index in [2.05, 4.69) is 14.9 Å². The molecule has 2 heterocycles. The number of aromatic hydroxyl groups is 1. The van der Waals surface area contributed by atoms with Gasteiger partial charge >= 0.3 is 0 Å². The van der Waals surface area contributed by atoms with Gasteiger partial charge < -0.3 is 14.9 Å². The van der Waals surface area contributed by atoms with Crippen molar-refractivity contribution in [1.29, 1.82) is 0 Å². The van der Waals surface area contributed by atoms with Gasteiger partial charge in [-0.05, 0) is 24.3 Å². The summed E-state index contributed by atoms with van der Waals surface area (Å²) in [6.07, 6.45) is 3.51. The van der Waals surface area contributed by atoms with Gasteiger partial charge in [0.1, 0.15) is 5.69 Å². The van der Waals surface area contributed by atoms with Gasteiger partial charge in [-0.25, -0.2) is 4.98 Å². The molecule has 1 N–H and O–H groups in total. The maximum Gasteiger partial charge on any atom is 0.224 e. The molecule has 2 aromatic carbocycles. The summed E-state index contributed by atoms with van der Waals surface area (Å²) in [7, 11) is 8.01. The van der Waals surface area contributed by atoms with Crippen LogP contribution in [0.2, 0.25) is 0 Å². The van der Waals surface area contributed by atoms with Gasteiger partial charge in [0.15, 0.2) is 5.65 Å². The maximum atomic E-state index is 10.8. The minimum absolute atomic E-state index is 0.112. The topological polar surface area (TPSA) is 56.9 Å². The van der Waals surface area contributed by atoms with Crippen LogP contribution < -0.4 is 9.80 Å². The smallest absolute Gasteiger partial charge is 0.224 e. The second-order valence-corrected chi connectivity index (χ2v) is 7.17. The number of nitrogens with zero attached hydrogens (tertiary/aromatic N) is 5. The van der Waals surface area contributed by atoms with Crippen LogP contribution in [0, 0.1) is 0 Å². The van der Waals surface area contributed by atoms with E-state index in [1.807, 2.05) is 87.8 Å². The summed E-state index contributed by atoms with van der Waals surface area (Å²) in [6, 6.07) is 16.1. The van der Waals surface area contributed by atoms with Crippen LogP contribution in [0.1, 0.15) is 0 Å². The molecule has 0 amide bonds. The number of anilines is 2. The van der Waals surface area contributed by atoms with E-state index >= 15 is 0 Å². The van der Waals surface area contributed by atoms with Gasteiger partial charge in [-0.2, -0.15) is 0 Å². The van der Waals surface area contributed by atoms with Crippen LogP contribution >= 0.6 is 0 Å². The highest BCUT2D eigenvalue weighted by Crippen LogP contribution is 2.31. The van der Waals surface area contributed by atoms with Crippen molar-refractivity contribution < 1.29 is 5.11 Å². The Kier molecular flexibility index (Phi) is 4.39. The zero-order valence-electron chi connectivity index (χ0n) is 16.5. The van der Waals surface area contributed by atoms with Crippen LogP contribution in [0.3, 0.4) is 0 Å². The van der Waals surface area contributed by atoms with Crippen molar-refractivity contribution >= 4 is 17.0 Å². The lowest BCUT2D eigenvalue weighted by Crippen LogP contribution is -2.07. The number of fused-ring (bicyclic) bond motifs is 1. The lowest BCUT2D eigenvalue weighted by molar-refractivity contribution is 0.450. The molecule has 0 aliphatic rings. The van der Waals surface area contributed by atoms with Gasteiger partial charge in [-0.1, -0.05) is 24.3 Å². The monoisotopic (exact) mass is 373 g/mol. The van der Waals surface area contributed by atoms with E-state index in [0.29, 0.717) is 11.3 Å². The standard InChI is InChI=1S/C22H23N5O/c1-25(2)17-9-5-15(6-10-17)19-14-27-20(13-23-19)24-21(22(27)28)16-7-11-18(12-8-16)26(3)4/h5-14,28H,1-4H3. The first-order valence-electron chi connectivity index (χ1n) is 9.06. The average molecular weight is 373 g/mol. The molecule has 2 aromatic heterocycles. The molecule has 142 valence electrons. The molecule has 0 fully saturated rings. The first-order chi connectivity index (χ1) is 13.4. The summed E-state index contributed by atoms with van der Waals surface area (Å²) in [5.41, 5.74) is 6.00. The van der Waals surface area contributed by atoms with Crippen LogP contribution in [-0.4, -0.2) is 47.7 Å². The summed E-state index contributed by atoms with van der Waals surface area (Å²) in [5.74, 6) is 0.112. The Bertz CT molecular complexity index is 1110. The summed E-state index contributed by atoms with van der Waals surface area (Å²) in [4.78, 5) is 13.2. The lowest BCUT2D eigenvalue weighted by Gasteiger charge is -2.12. The second-order valence-electron chi connectivity index (χ2n) is 7.17. The number of rotatable bonds is 4. The largest absolute Gasteiger partial charge is 0.493 e. The normalized spacial score (nSPS) is 11.0. The van der Waals surface area contributed by atoms with Crippen LogP contribution in [0.15, 0.2) is 60.9 Å². The van der Waals surface area contributed by atoms with Crippen molar-refractivity contribution in [3.63, 3.8) is 0 Å². The number of hydrogen-bond donors (Lipinski definition) is 1. The number of hydrogen-bond acceptors (Lipinski definition) is 5. The number of benzene rings is 2. The molecule has 4 rings (SSSR count). The molecule has 4 aromatic rings. The molecule has 0 saturated heterocycles. The third-order valence-electron chi connectivity index (χ3n) is 4.82. The molecule has 28 heavy (non-hydrogen) atoms. The van der Waals surface area contributed by atoms with Crippen molar-refractivity contribution in [2.45, 2.75) is 0 Å². The van der Waals surface area contributed by atoms with E-state index in [4.69, 9.17) is 0 Å². The molecular formula is C22H23N5O. The predicted molar refractivity (Wildman–Crippen MR) is 114 cm³/mol. The van der Waals surface area contributed by atoms with E-state index < -0.39 is 0 Å². The lowest BCUT2D eigenvalue weighted by atomic mass is 10.1. The molecule has 0 radical (unpaired) electrons. The fraction of sp³-hybridized carbons (Fsp3) is 0.182. The number of imidazole rings is 1. The molecule has 0 aliphatic heterocycles. The fourth-order valence-corrected chi connectivity index (χ4v) is 3.13. The second kappa shape index (κ2) is 6.88. The van der Waals surface area contributed by atoms with Gasteiger partial charge in [0.25, 0.3) is 0 Å². The molecule has 0 aliphatic carbocycles. The maximum absolute atomic E-state index is 10.8. The Balaban J connectivity index is 1.73. The molecule has 6 nitrogen and oxygen atoms in total. The summed E-state index contributed by atoms with van der Waals surface area (Å²) < 4.78 is 1.68. The molecule has 0 atom stereocenters. The summed E-state index contributed by atoms with van der Waals surface area (Å²) >= 11 is 0. The summed E-state index contributed by atoms with van der Waals surface area (Å²) in [6.45, 7) is 0. The van der Waals surface area contributed by atoms with E-state index in [0.717, 1.165) is 28.2 Å². The van der Waals surface area contributed by atoms with E-state index in [1.165, 1.54) is 0 Å². The van der Waals surface area contributed by atoms with Crippen LogP contribution in [0.4, 0.5) is 11.4 Å². The van der Waals surface area contributed by atoms with E-state index in [9.17, 15) is 5.11 Å². The Morgan fingerprint density at radius 2 is 1.32 bits per heavy atom. The fourth-order valence-electron chi connectivity index (χ4n) is 3.13. The van der Waals surface area contributed by atoms with Crippen LogP contribution in [0.5, 0.6) is 5.88 Å². The van der Waals surface area contributed by atoms with Crippen molar-refractivity contribution in [2.24, 2.45) is 0 Å². The van der Waals surface area contributed by atoms with Gasteiger partial charge in [0.05, 0.1) is 11.9 Å². The van der Waals surface area contributed by atoms with Crippen LogP contribution in [0.25, 0.3) is 28.2 Å². The highest BCUT2D eigenvalue weighted by molar-refractivity contribution is 5.72. The molecule has 0 unspecified atom stereocenters. The summed E-state index contributed by atoms with van der Waals surface area (Å²) in [5, 5.41) is 10.8. The van der Waals surface area contributed by atoms with Gasteiger partial charge in [0.2, 0.25) is 5.88 Å². The van der Waals surface area contributed by atoms with Gasteiger partial charge in [0, 0.05) is 56.9 Å². The quantitative estimate of drug-likeness (QED) is 0.588. The van der Waals surface area contributed by atoms with Crippen LogP contribution in [-0.2, 0) is 0 Å². The van der Waals surface area contributed by atoms with Crippen molar-refractivity contribution in [3.8, 4) is 28.4 Å². The molecular weight excluding hydrogens is 350 g/mol. The minimum Gasteiger partial charge on any atom is -0.493 e. The Morgan fingerprint density at radius 1 is 0.786 bits per heavy atom. The third-order valence-corrected chi connectivity index (χ3v) is 4.82. The highest BCUT2D eigenvalue weighted by atomic mass is 16.3. The highest BCUT2D eigenvalue weighted by Gasteiger charge is 2.14. The third kappa shape index (κ3) is 3.13.